The van der Waals surface area contributed by atoms with Crippen LogP contribution in [0.4, 0.5) is 5.69 Å². The maximum absolute atomic E-state index is 12.5. The molecule has 0 bridgehead atoms. The maximum Gasteiger partial charge on any atom is 0.338 e. The molecule has 0 aliphatic carbocycles. The molecule has 1 fully saturated rings. The zero-order chi connectivity index (χ0) is 19.6. The molecule has 0 spiro atoms. The van der Waals surface area contributed by atoms with Gasteiger partial charge in [0, 0.05) is 18.5 Å². The highest BCUT2D eigenvalue weighted by atomic mass is 35.5. The summed E-state index contributed by atoms with van der Waals surface area (Å²) in [5.41, 5.74) is 2.27. The second-order valence-electron chi connectivity index (χ2n) is 6.59. The van der Waals surface area contributed by atoms with Crippen molar-refractivity contribution in [1.29, 1.82) is 0 Å². The van der Waals surface area contributed by atoms with Gasteiger partial charge in [-0.25, -0.2) is 4.79 Å². The van der Waals surface area contributed by atoms with E-state index in [9.17, 15) is 14.4 Å². The van der Waals surface area contributed by atoms with Gasteiger partial charge in [-0.1, -0.05) is 41.4 Å². The van der Waals surface area contributed by atoms with Gasteiger partial charge in [-0.05, 0) is 38.5 Å². The lowest BCUT2D eigenvalue weighted by atomic mass is 10.1. The Bertz CT molecular complexity index is 892. The van der Waals surface area contributed by atoms with E-state index in [0.29, 0.717) is 29.2 Å². The van der Waals surface area contributed by atoms with E-state index in [4.69, 9.17) is 16.3 Å². The summed E-state index contributed by atoms with van der Waals surface area (Å²) < 4.78 is 5.33. The van der Waals surface area contributed by atoms with Crippen LogP contribution in [0.3, 0.4) is 0 Å². The van der Waals surface area contributed by atoms with E-state index in [1.165, 1.54) is 12.1 Å². The molecular formula is C21H20ClNO4. The number of hydrogen-bond donors (Lipinski definition) is 0. The van der Waals surface area contributed by atoms with Crippen LogP contribution in [0.5, 0.6) is 0 Å². The van der Waals surface area contributed by atoms with E-state index in [1.54, 1.807) is 30.0 Å². The number of carbonyl (C=O) groups is 3. The lowest BCUT2D eigenvalue weighted by molar-refractivity contribution is -0.117. The number of hydrogen-bond acceptors (Lipinski definition) is 4. The Balaban J connectivity index is 1.74. The fourth-order valence-electron chi connectivity index (χ4n) is 2.98. The molecule has 0 radical (unpaired) electrons. The summed E-state index contributed by atoms with van der Waals surface area (Å²) in [5.74, 6) is -0.926. The summed E-state index contributed by atoms with van der Waals surface area (Å²) in [6, 6.07) is 11.7. The fourth-order valence-corrected chi connectivity index (χ4v) is 3.20. The van der Waals surface area contributed by atoms with E-state index < -0.39 is 12.1 Å². The van der Waals surface area contributed by atoms with Gasteiger partial charge in [0.2, 0.25) is 11.7 Å². The lowest BCUT2D eigenvalue weighted by Crippen LogP contribution is -2.26. The van der Waals surface area contributed by atoms with E-state index in [0.717, 1.165) is 12.0 Å². The van der Waals surface area contributed by atoms with E-state index in [1.807, 2.05) is 19.1 Å². The Kier molecular flexibility index (Phi) is 5.61. The van der Waals surface area contributed by atoms with Crippen molar-refractivity contribution in [2.24, 2.45) is 0 Å². The van der Waals surface area contributed by atoms with Gasteiger partial charge in [-0.15, -0.1) is 0 Å². The SMILES string of the molecule is Cc1ccc(C(=O)[C@H](C)OC(=O)c2ccc(Cl)c(N3CCCC3=O)c2)cc1. The lowest BCUT2D eigenvalue weighted by Gasteiger charge is -2.18. The summed E-state index contributed by atoms with van der Waals surface area (Å²) in [6.07, 6.45) is 0.298. The smallest absolute Gasteiger partial charge is 0.338 e. The number of esters is 1. The molecule has 2 aromatic rings. The molecule has 2 aromatic carbocycles. The number of halogens is 1. The van der Waals surface area contributed by atoms with Crippen LogP contribution in [0.25, 0.3) is 0 Å². The molecule has 0 unspecified atom stereocenters. The molecule has 3 rings (SSSR count). The van der Waals surface area contributed by atoms with Crippen molar-refractivity contribution >= 4 is 34.9 Å². The minimum Gasteiger partial charge on any atom is -0.451 e. The first-order valence-electron chi connectivity index (χ1n) is 8.78. The van der Waals surface area contributed by atoms with Crippen molar-refractivity contribution in [1.82, 2.24) is 0 Å². The van der Waals surface area contributed by atoms with Crippen LogP contribution in [0.2, 0.25) is 5.02 Å². The average molecular weight is 386 g/mol. The van der Waals surface area contributed by atoms with Crippen molar-refractivity contribution in [3.63, 3.8) is 0 Å². The predicted molar refractivity (Wildman–Crippen MR) is 103 cm³/mol. The standard InChI is InChI=1S/C21H20ClNO4/c1-13-5-7-15(8-6-13)20(25)14(2)27-21(26)16-9-10-17(22)18(12-16)23-11-3-4-19(23)24/h5-10,12,14H,3-4,11H2,1-2H3/t14-/m0/s1. The van der Waals surface area contributed by atoms with Crippen LogP contribution in [0.15, 0.2) is 42.5 Å². The second kappa shape index (κ2) is 7.92. The largest absolute Gasteiger partial charge is 0.451 e. The predicted octanol–water partition coefficient (Wildman–Crippen LogP) is 4.20. The van der Waals surface area contributed by atoms with Crippen molar-refractivity contribution in [2.45, 2.75) is 32.8 Å². The highest BCUT2D eigenvalue weighted by Crippen LogP contribution is 2.30. The van der Waals surface area contributed by atoms with Gasteiger partial charge < -0.3 is 9.64 Å². The Labute approximate surface area is 162 Å². The van der Waals surface area contributed by atoms with Gasteiger partial charge >= 0.3 is 5.97 Å². The number of carbonyl (C=O) groups excluding carboxylic acids is 3. The van der Waals surface area contributed by atoms with E-state index in [-0.39, 0.29) is 17.3 Å². The molecular weight excluding hydrogens is 366 g/mol. The number of amides is 1. The number of ether oxygens (including phenoxy) is 1. The van der Waals surface area contributed by atoms with Gasteiger partial charge in [-0.2, -0.15) is 0 Å². The first-order chi connectivity index (χ1) is 12.9. The third-order valence-electron chi connectivity index (χ3n) is 4.54. The fraction of sp³-hybridized carbons (Fsp3) is 0.286. The van der Waals surface area contributed by atoms with Crippen LogP contribution in [-0.4, -0.2) is 30.3 Å². The molecule has 1 aliphatic rings. The maximum atomic E-state index is 12.5. The number of rotatable bonds is 5. The molecule has 6 heteroatoms. The number of anilines is 1. The molecule has 0 N–H and O–H groups in total. The molecule has 0 aromatic heterocycles. The average Bonchev–Trinajstić information content (AvgIpc) is 3.07. The summed E-state index contributed by atoms with van der Waals surface area (Å²) in [4.78, 5) is 38.5. The molecule has 1 heterocycles. The monoisotopic (exact) mass is 385 g/mol. The molecule has 0 saturated carbocycles. The Hall–Kier alpha value is -2.66. The summed E-state index contributed by atoms with van der Waals surface area (Å²) in [7, 11) is 0. The van der Waals surface area contributed by atoms with Crippen LogP contribution in [-0.2, 0) is 9.53 Å². The minimum atomic E-state index is -0.923. The highest BCUT2D eigenvalue weighted by molar-refractivity contribution is 6.34. The number of benzene rings is 2. The topological polar surface area (TPSA) is 63.7 Å². The molecule has 1 aliphatic heterocycles. The van der Waals surface area contributed by atoms with E-state index >= 15 is 0 Å². The van der Waals surface area contributed by atoms with Gasteiger partial charge in [-0.3, -0.25) is 9.59 Å². The second-order valence-corrected chi connectivity index (χ2v) is 7.00. The van der Waals surface area contributed by atoms with E-state index in [2.05, 4.69) is 0 Å². The molecule has 140 valence electrons. The van der Waals surface area contributed by atoms with Crippen LogP contribution >= 0.6 is 11.6 Å². The number of Topliss-reactive ketones (excluding diaryl/α,β-unsaturated/α-hetero) is 1. The summed E-state index contributed by atoms with van der Waals surface area (Å²) in [6.45, 7) is 4.04. The van der Waals surface area contributed by atoms with Crippen molar-refractivity contribution in [2.75, 3.05) is 11.4 Å². The number of nitrogens with zero attached hydrogens (tertiary/aromatic N) is 1. The molecule has 1 saturated heterocycles. The third-order valence-corrected chi connectivity index (χ3v) is 4.85. The van der Waals surface area contributed by atoms with Crippen LogP contribution in [0.1, 0.15) is 46.0 Å². The van der Waals surface area contributed by atoms with Gasteiger partial charge in [0.1, 0.15) is 0 Å². The molecule has 1 amide bonds. The Morgan fingerprint density at radius 3 is 2.41 bits per heavy atom. The normalized spacial score (nSPS) is 14.9. The first kappa shape index (κ1) is 19.1. The number of aryl methyl sites for hydroxylation is 1. The zero-order valence-corrected chi connectivity index (χ0v) is 16.0. The third kappa shape index (κ3) is 4.19. The quantitative estimate of drug-likeness (QED) is 0.571. The van der Waals surface area contributed by atoms with Crippen LogP contribution < -0.4 is 4.90 Å². The van der Waals surface area contributed by atoms with Crippen LogP contribution in [0, 0.1) is 6.92 Å². The Morgan fingerprint density at radius 1 is 1.11 bits per heavy atom. The van der Waals surface area contributed by atoms with Crippen molar-refractivity contribution in [3.05, 3.63) is 64.2 Å². The number of ketones is 1. The molecule has 1 atom stereocenters. The summed E-state index contributed by atoms with van der Waals surface area (Å²) in [5, 5.41) is 0.394. The van der Waals surface area contributed by atoms with Crippen molar-refractivity contribution < 1.29 is 19.1 Å². The summed E-state index contributed by atoms with van der Waals surface area (Å²) >= 11 is 6.20. The molecule has 5 nitrogen and oxygen atoms in total. The first-order valence-corrected chi connectivity index (χ1v) is 9.16. The minimum absolute atomic E-state index is 0.0228. The van der Waals surface area contributed by atoms with Gasteiger partial charge in [0.25, 0.3) is 0 Å². The van der Waals surface area contributed by atoms with Crippen molar-refractivity contribution in [3.8, 4) is 0 Å². The highest BCUT2D eigenvalue weighted by Gasteiger charge is 2.26. The van der Waals surface area contributed by atoms with Gasteiger partial charge in [0.15, 0.2) is 6.10 Å². The zero-order valence-electron chi connectivity index (χ0n) is 15.2. The van der Waals surface area contributed by atoms with Gasteiger partial charge in [0.05, 0.1) is 16.3 Å². The molecule has 27 heavy (non-hydrogen) atoms. The Morgan fingerprint density at radius 2 is 1.78 bits per heavy atom.